The van der Waals surface area contributed by atoms with E-state index < -0.39 is 6.09 Å². The van der Waals surface area contributed by atoms with Gasteiger partial charge in [-0.15, -0.1) is 0 Å². The van der Waals surface area contributed by atoms with Crippen LogP contribution >= 0.6 is 0 Å². The smallest absolute Gasteiger partial charge is 0.425 e. The second-order valence-electron chi connectivity index (χ2n) is 0.620. The van der Waals surface area contributed by atoms with Gasteiger partial charge in [-0.1, -0.05) is 5.10 Å². The molecule has 0 fully saturated rings. The van der Waals surface area contributed by atoms with E-state index in [1.165, 1.54) is 5.43 Å². The maximum absolute atomic E-state index is 9.37. The predicted octanol–water partition coefficient (Wildman–Crippen LogP) is -0.333. The molecule has 0 radical (unpaired) electrons. The van der Waals surface area contributed by atoms with Crippen LogP contribution in [-0.2, 0) is 4.79 Å². The Hall–Kier alpha value is -1.39. The Kier molecular flexibility index (Phi) is 6.86. The van der Waals surface area contributed by atoms with Gasteiger partial charge in [0.1, 0.15) is 0 Å². The van der Waals surface area contributed by atoms with Gasteiger partial charge in [0.2, 0.25) is 0 Å². The quantitative estimate of drug-likeness (QED) is 0.249. The van der Waals surface area contributed by atoms with Gasteiger partial charge in [0, 0.05) is 0 Å². The summed E-state index contributed by atoms with van der Waals surface area (Å²) in [7, 11) is 0. The van der Waals surface area contributed by atoms with Gasteiger partial charge < -0.3 is 11.3 Å². The number of carboxylic acid groups (broad SMARTS) is 1. The Balaban J connectivity index is 0. The molecule has 0 heterocycles. The van der Waals surface area contributed by atoms with Crippen LogP contribution in [-0.4, -0.2) is 17.3 Å². The molecule has 0 rings (SSSR count). The summed E-state index contributed by atoms with van der Waals surface area (Å²) < 4.78 is 0. The van der Waals surface area contributed by atoms with Crippen molar-refractivity contribution < 1.29 is 14.7 Å². The number of carbonyl (C=O) groups excluding carboxylic acids is 1. The van der Waals surface area contributed by atoms with Crippen LogP contribution < -0.4 is 11.6 Å². The van der Waals surface area contributed by atoms with Crippen LogP contribution in [0.1, 0.15) is 0 Å². The molecule has 0 bridgehead atoms. The van der Waals surface area contributed by atoms with Crippen molar-refractivity contribution in [2.24, 2.45) is 5.10 Å². The molecule has 0 saturated carbocycles. The lowest BCUT2D eigenvalue weighted by Gasteiger charge is -1.79. The second-order valence-corrected chi connectivity index (χ2v) is 0.620. The largest absolute Gasteiger partial charge is 0.464 e. The third-order valence-electron chi connectivity index (χ3n) is 0.197. The molecule has 6 heteroatoms. The average Bonchev–Trinajstić information content (AvgIpc) is 1.61. The van der Waals surface area contributed by atoms with E-state index in [0.717, 1.165) is 6.08 Å². The van der Waals surface area contributed by atoms with Gasteiger partial charge in [0.05, 0.1) is 0 Å². The number of rotatable bonds is 1. The van der Waals surface area contributed by atoms with E-state index in [0.29, 0.717) is 0 Å². The Bertz CT molecular complexity index is 116. The van der Waals surface area contributed by atoms with Gasteiger partial charge in [0.15, 0.2) is 0 Å². The van der Waals surface area contributed by atoms with Crippen molar-refractivity contribution in [3.63, 3.8) is 0 Å². The summed E-state index contributed by atoms with van der Waals surface area (Å²) in [5, 5.41) is 10.2. The Morgan fingerprint density at radius 2 is 2.25 bits per heavy atom. The maximum Gasteiger partial charge on any atom is 0.425 e. The zero-order valence-corrected chi connectivity index (χ0v) is 3.92. The van der Waals surface area contributed by atoms with E-state index in [1.807, 2.05) is 0 Å². The zero-order valence-electron chi connectivity index (χ0n) is 3.92. The third kappa shape index (κ3) is 8.82. The Labute approximate surface area is 44.8 Å². The molecular weight excluding hydrogens is 114 g/mol. The number of hydrogen-bond acceptors (Lipinski definition) is 4. The Morgan fingerprint density at radius 3 is 2.38 bits per heavy atom. The van der Waals surface area contributed by atoms with Crippen molar-refractivity contribution >= 4 is 12.2 Å². The summed E-state index contributed by atoms with van der Waals surface area (Å²) in [6.45, 7) is 0. The normalized spacial score (nSPS) is 5.50. The zero-order chi connectivity index (χ0) is 5.70. The minimum atomic E-state index is -1.37. The highest BCUT2D eigenvalue weighted by Gasteiger charge is 1.83. The molecular formula is C2H5N3O3. The molecule has 1 amide bonds. The van der Waals surface area contributed by atoms with E-state index >= 15 is 0 Å². The highest BCUT2D eigenvalue weighted by Crippen LogP contribution is 1.54. The van der Waals surface area contributed by atoms with E-state index in [-0.39, 0.29) is 6.15 Å². The first-order valence-corrected chi connectivity index (χ1v) is 1.33. The van der Waals surface area contributed by atoms with E-state index in [1.54, 1.807) is 0 Å². The summed E-state index contributed by atoms with van der Waals surface area (Å²) in [6, 6.07) is 0. The molecule has 0 aliphatic heterocycles. The number of nitrogens with zero attached hydrogens (tertiary/aromatic N) is 1. The van der Waals surface area contributed by atoms with Gasteiger partial charge in [-0.25, -0.2) is 15.0 Å². The molecule has 0 aromatic rings. The number of amides is 1. The fourth-order valence-electron chi connectivity index (χ4n) is 0.0706. The van der Waals surface area contributed by atoms with Gasteiger partial charge >= 0.3 is 6.09 Å². The molecule has 0 aliphatic rings. The second kappa shape index (κ2) is 5.61. The lowest BCUT2D eigenvalue weighted by Crippen LogP contribution is -2.12. The number of hydrogen-bond donors (Lipinski definition) is 3. The number of hydrazone groups is 1. The molecule has 0 spiro atoms. The fourth-order valence-corrected chi connectivity index (χ4v) is 0.0706. The van der Waals surface area contributed by atoms with Crippen molar-refractivity contribution in [2.45, 2.75) is 0 Å². The highest BCUT2D eigenvalue weighted by atomic mass is 16.4. The van der Waals surface area contributed by atoms with Crippen LogP contribution in [0, 0.1) is 0 Å². The van der Waals surface area contributed by atoms with Crippen molar-refractivity contribution in [3.05, 3.63) is 0 Å². The first-order chi connectivity index (χ1) is 3.27. The molecule has 0 aliphatic carbocycles. The maximum atomic E-state index is 9.37. The molecule has 0 saturated heterocycles. The summed E-state index contributed by atoms with van der Waals surface area (Å²) in [5.41, 5.74) is 1.41. The minimum Gasteiger partial charge on any atom is -0.464 e. The molecule has 0 atom stereocenters. The van der Waals surface area contributed by atoms with Crippen LogP contribution in [0.15, 0.2) is 5.10 Å². The minimum absolute atomic E-state index is 0. The fraction of sp³-hybridized carbons (Fsp3) is 0. The average molecular weight is 119 g/mol. The number of isocyanates is 1. The van der Waals surface area contributed by atoms with Crippen molar-refractivity contribution in [1.82, 2.24) is 11.6 Å². The van der Waals surface area contributed by atoms with Crippen molar-refractivity contribution in [2.75, 3.05) is 0 Å². The van der Waals surface area contributed by atoms with Crippen molar-refractivity contribution in [1.29, 1.82) is 0 Å². The van der Waals surface area contributed by atoms with Gasteiger partial charge in [-0.2, -0.15) is 0 Å². The lowest BCUT2D eigenvalue weighted by atomic mass is 11.3. The molecule has 0 aromatic carbocycles. The van der Waals surface area contributed by atoms with E-state index in [4.69, 9.17) is 9.90 Å². The SMILES string of the molecule is N.O=C=NNC(=O)O. The lowest BCUT2D eigenvalue weighted by molar-refractivity contribution is 0.195. The third-order valence-corrected chi connectivity index (χ3v) is 0.197. The van der Waals surface area contributed by atoms with E-state index in [9.17, 15) is 4.79 Å². The first-order valence-electron chi connectivity index (χ1n) is 1.33. The van der Waals surface area contributed by atoms with E-state index in [2.05, 4.69) is 5.10 Å². The standard InChI is InChI=1S/C2H2N2O3.H3N/c5-1-3-4-2(6)7;/h4H,(H,6,7);1H3. The van der Waals surface area contributed by atoms with Crippen LogP contribution in [0.3, 0.4) is 0 Å². The number of nitrogens with one attached hydrogen (secondary N) is 1. The summed E-state index contributed by atoms with van der Waals surface area (Å²) in [5.74, 6) is 0. The summed E-state index contributed by atoms with van der Waals surface area (Å²) in [6.07, 6.45) is -0.390. The van der Waals surface area contributed by atoms with Crippen LogP contribution in [0.2, 0.25) is 0 Å². The summed E-state index contributed by atoms with van der Waals surface area (Å²) in [4.78, 5) is 18.5. The molecule has 8 heavy (non-hydrogen) atoms. The molecule has 0 unspecified atom stereocenters. The Morgan fingerprint density at radius 1 is 1.75 bits per heavy atom. The molecule has 6 nitrogen and oxygen atoms in total. The highest BCUT2D eigenvalue weighted by molar-refractivity contribution is 5.64. The van der Waals surface area contributed by atoms with Crippen LogP contribution in [0.4, 0.5) is 4.79 Å². The van der Waals surface area contributed by atoms with Crippen LogP contribution in [0.5, 0.6) is 0 Å². The van der Waals surface area contributed by atoms with Crippen molar-refractivity contribution in [3.8, 4) is 0 Å². The van der Waals surface area contributed by atoms with Gasteiger partial charge in [-0.3, -0.25) is 0 Å². The summed E-state index contributed by atoms with van der Waals surface area (Å²) >= 11 is 0. The topological polar surface area (TPSA) is 114 Å². The molecule has 46 valence electrons. The first kappa shape index (κ1) is 9.79. The molecule has 5 N–H and O–H groups in total. The monoisotopic (exact) mass is 119 g/mol. The number of carbonyl (C=O) groups is 1. The predicted molar refractivity (Wildman–Crippen MR) is 24.3 cm³/mol. The van der Waals surface area contributed by atoms with Gasteiger partial charge in [0.25, 0.3) is 6.08 Å². The van der Waals surface area contributed by atoms with Gasteiger partial charge in [-0.05, 0) is 0 Å². The van der Waals surface area contributed by atoms with Crippen LogP contribution in [0.25, 0.3) is 0 Å². The molecule has 0 aromatic heterocycles.